The van der Waals surface area contributed by atoms with Crippen LogP contribution in [0.4, 0.5) is 0 Å². The third kappa shape index (κ3) is 4.96. The third-order valence-corrected chi connectivity index (χ3v) is 5.37. The zero-order chi connectivity index (χ0) is 20.8. The van der Waals surface area contributed by atoms with Crippen LogP contribution in [0.25, 0.3) is 0 Å². The predicted octanol–water partition coefficient (Wildman–Crippen LogP) is 4.23. The van der Waals surface area contributed by atoms with Crippen molar-refractivity contribution in [2.45, 2.75) is 31.6 Å². The smallest absolute Gasteiger partial charge is 0.360 e. The average Bonchev–Trinajstić information content (AvgIpc) is 3.27. The van der Waals surface area contributed by atoms with E-state index in [1.54, 1.807) is 0 Å². The van der Waals surface area contributed by atoms with Gasteiger partial charge in [-0.1, -0.05) is 60.7 Å². The highest BCUT2D eigenvalue weighted by molar-refractivity contribution is 5.86. The van der Waals surface area contributed by atoms with Crippen LogP contribution >= 0.6 is 0 Å². The molecule has 0 radical (unpaired) electrons. The second-order valence-corrected chi connectivity index (χ2v) is 7.43. The Hall–Kier alpha value is -2.96. The number of esters is 1. The molecule has 1 aliphatic rings. The molecular formula is C24H26N2O4. The van der Waals surface area contributed by atoms with Crippen molar-refractivity contribution in [3.05, 3.63) is 89.6 Å². The van der Waals surface area contributed by atoms with E-state index in [0.29, 0.717) is 12.4 Å². The van der Waals surface area contributed by atoms with E-state index in [1.807, 2.05) is 12.1 Å². The second kappa shape index (κ2) is 9.69. The van der Waals surface area contributed by atoms with E-state index < -0.39 is 5.97 Å². The van der Waals surface area contributed by atoms with Gasteiger partial charge < -0.3 is 13.9 Å². The van der Waals surface area contributed by atoms with Gasteiger partial charge in [0.05, 0.1) is 19.8 Å². The molecule has 156 valence electrons. The summed E-state index contributed by atoms with van der Waals surface area (Å²) in [6, 6.07) is 20.7. The van der Waals surface area contributed by atoms with Crippen molar-refractivity contribution in [1.82, 2.24) is 9.88 Å². The highest BCUT2D eigenvalue weighted by Crippen LogP contribution is 2.30. The molecule has 0 bridgehead atoms. The molecule has 1 aromatic heterocycles. The van der Waals surface area contributed by atoms with Crippen LogP contribution in [0.5, 0.6) is 0 Å². The molecule has 1 aliphatic heterocycles. The summed E-state index contributed by atoms with van der Waals surface area (Å²) in [7, 11) is 1.33. The van der Waals surface area contributed by atoms with E-state index in [2.05, 4.69) is 63.2 Å². The molecule has 3 aromatic rings. The quantitative estimate of drug-likeness (QED) is 0.547. The Balaban J connectivity index is 1.36. The number of benzene rings is 2. The topological polar surface area (TPSA) is 64.8 Å². The summed E-state index contributed by atoms with van der Waals surface area (Å²) in [5, 5.41) is 0. The Labute approximate surface area is 176 Å². The largest absolute Gasteiger partial charge is 0.464 e. The van der Waals surface area contributed by atoms with E-state index in [4.69, 9.17) is 9.15 Å². The van der Waals surface area contributed by atoms with Crippen LogP contribution in [-0.2, 0) is 16.0 Å². The lowest BCUT2D eigenvalue weighted by atomic mass is 10.00. The minimum atomic E-state index is -0.482. The Bertz CT molecular complexity index is 895. The lowest BCUT2D eigenvalue weighted by Gasteiger charge is -2.33. The van der Waals surface area contributed by atoms with Gasteiger partial charge in [0.2, 0.25) is 5.89 Å². The summed E-state index contributed by atoms with van der Waals surface area (Å²) in [6.07, 6.45) is 3.32. The molecule has 6 heteroatoms. The Morgan fingerprint density at radius 1 is 1.07 bits per heavy atom. The van der Waals surface area contributed by atoms with Gasteiger partial charge in [0, 0.05) is 13.1 Å². The number of carbonyl (C=O) groups is 1. The fourth-order valence-corrected chi connectivity index (χ4v) is 3.77. The van der Waals surface area contributed by atoms with Crippen LogP contribution < -0.4 is 0 Å². The molecule has 0 aliphatic carbocycles. The number of ether oxygens (including phenoxy) is 2. The van der Waals surface area contributed by atoms with Crippen molar-refractivity contribution in [2.75, 3.05) is 20.2 Å². The van der Waals surface area contributed by atoms with Crippen molar-refractivity contribution in [3.63, 3.8) is 0 Å². The van der Waals surface area contributed by atoms with Gasteiger partial charge in [-0.3, -0.25) is 4.90 Å². The standard InChI is InChI=1S/C24H26N2O4/c1-28-24(27)21-17-29-22(25-21)16-26-14-12-20(13-15-26)30-23(18-8-4-2-5-9-18)19-10-6-3-7-11-19/h2-11,17,20,23H,12-16H2,1H3. The van der Waals surface area contributed by atoms with Crippen LogP contribution in [0.1, 0.15) is 46.5 Å². The Kier molecular flexibility index (Phi) is 6.57. The summed E-state index contributed by atoms with van der Waals surface area (Å²) in [5.41, 5.74) is 2.54. The molecule has 0 atom stereocenters. The van der Waals surface area contributed by atoms with Gasteiger partial charge in [-0.15, -0.1) is 0 Å². The summed E-state index contributed by atoms with van der Waals surface area (Å²) in [5.74, 6) is 0.0474. The summed E-state index contributed by atoms with van der Waals surface area (Å²) >= 11 is 0. The van der Waals surface area contributed by atoms with Crippen molar-refractivity contribution in [1.29, 1.82) is 0 Å². The minimum Gasteiger partial charge on any atom is -0.464 e. The number of hydrogen-bond donors (Lipinski definition) is 0. The molecule has 30 heavy (non-hydrogen) atoms. The number of rotatable bonds is 7. The lowest BCUT2D eigenvalue weighted by molar-refractivity contribution is -0.0291. The van der Waals surface area contributed by atoms with E-state index >= 15 is 0 Å². The zero-order valence-corrected chi connectivity index (χ0v) is 17.1. The normalized spacial score (nSPS) is 15.4. The van der Waals surface area contributed by atoms with Crippen LogP contribution in [0.3, 0.4) is 0 Å². The monoisotopic (exact) mass is 406 g/mol. The van der Waals surface area contributed by atoms with Gasteiger partial charge in [0.25, 0.3) is 0 Å². The van der Waals surface area contributed by atoms with Crippen LogP contribution in [0, 0.1) is 0 Å². The Morgan fingerprint density at radius 2 is 1.67 bits per heavy atom. The number of hydrogen-bond acceptors (Lipinski definition) is 6. The van der Waals surface area contributed by atoms with Gasteiger partial charge in [-0.05, 0) is 24.0 Å². The van der Waals surface area contributed by atoms with E-state index in [9.17, 15) is 4.79 Å². The first-order valence-electron chi connectivity index (χ1n) is 10.2. The molecule has 0 N–H and O–H groups in total. The SMILES string of the molecule is COC(=O)c1coc(CN2CCC(OC(c3ccccc3)c3ccccc3)CC2)n1. The predicted molar refractivity (Wildman–Crippen MR) is 112 cm³/mol. The molecule has 1 fully saturated rings. The number of methoxy groups -OCH3 is 1. The number of likely N-dealkylation sites (tertiary alicyclic amines) is 1. The van der Waals surface area contributed by atoms with Crippen molar-refractivity contribution in [3.8, 4) is 0 Å². The van der Waals surface area contributed by atoms with E-state index in [0.717, 1.165) is 25.9 Å². The van der Waals surface area contributed by atoms with Gasteiger partial charge >= 0.3 is 5.97 Å². The highest BCUT2D eigenvalue weighted by Gasteiger charge is 2.25. The number of carbonyl (C=O) groups excluding carboxylic acids is 1. The molecule has 0 saturated carbocycles. The third-order valence-electron chi connectivity index (χ3n) is 5.37. The van der Waals surface area contributed by atoms with Gasteiger partial charge in [-0.2, -0.15) is 0 Å². The first kappa shape index (κ1) is 20.3. The fraction of sp³-hybridized carbons (Fsp3) is 0.333. The number of piperidine rings is 1. The second-order valence-electron chi connectivity index (χ2n) is 7.43. The van der Waals surface area contributed by atoms with E-state index in [1.165, 1.54) is 24.5 Å². The fourth-order valence-electron chi connectivity index (χ4n) is 3.77. The first-order chi connectivity index (χ1) is 14.7. The van der Waals surface area contributed by atoms with Crippen molar-refractivity contribution in [2.24, 2.45) is 0 Å². The van der Waals surface area contributed by atoms with Gasteiger partial charge in [0.15, 0.2) is 5.69 Å². The number of aromatic nitrogens is 1. The molecule has 2 heterocycles. The van der Waals surface area contributed by atoms with Gasteiger partial charge in [0.1, 0.15) is 12.4 Å². The molecule has 0 spiro atoms. The molecule has 0 amide bonds. The minimum absolute atomic E-state index is 0.0710. The molecular weight excluding hydrogens is 380 g/mol. The number of nitrogens with zero attached hydrogens (tertiary/aromatic N) is 2. The van der Waals surface area contributed by atoms with Crippen LogP contribution in [0.15, 0.2) is 71.3 Å². The summed E-state index contributed by atoms with van der Waals surface area (Å²) in [4.78, 5) is 18.0. The molecule has 0 unspecified atom stereocenters. The average molecular weight is 406 g/mol. The zero-order valence-electron chi connectivity index (χ0n) is 17.1. The summed E-state index contributed by atoms with van der Waals surface area (Å²) < 4.78 is 16.7. The van der Waals surface area contributed by atoms with Gasteiger partial charge in [-0.25, -0.2) is 9.78 Å². The summed E-state index contributed by atoms with van der Waals surface area (Å²) in [6.45, 7) is 2.35. The maximum Gasteiger partial charge on any atom is 0.360 e. The maximum atomic E-state index is 11.5. The molecule has 6 nitrogen and oxygen atoms in total. The molecule has 4 rings (SSSR count). The lowest BCUT2D eigenvalue weighted by Crippen LogP contribution is -2.37. The van der Waals surface area contributed by atoms with Crippen LogP contribution in [-0.4, -0.2) is 42.2 Å². The van der Waals surface area contributed by atoms with Crippen molar-refractivity contribution >= 4 is 5.97 Å². The van der Waals surface area contributed by atoms with Crippen LogP contribution in [0.2, 0.25) is 0 Å². The highest BCUT2D eigenvalue weighted by atomic mass is 16.5. The number of oxazole rings is 1. The molecule has 2 aromatic carbocycles. The maximum absolute atomic E-state index is 11.5. The van der Waals surface area contributed by atoms with Crippen molar-refractivity contribution < 1.29 is 18.7 Å². The molecule has 1 saturated heterocycles. The van der Waals surface area contributed by atoms with E-state index in [-0.39, 0.29) is 17.9 Å². The first-order valence-corrected chi connectivity index (χ1v) is 10.2. The Morgan fingerprint density at radius 3 is 2.23 bits per heavy atom.